The number of nitrogens with one attached hydrogen (secondary N) is 2. The highest BCUT2D eigenvalue weighted by Crippen LogP contribution is 2.24. The summed E-state index contributed by atoms with van der Waals surface area (Å²) in [6, 6.07) is 2.82. The quantitative estimate of drug-likeness (QED) is 0.364. The van der Waals surface area contributed by atoms with Gasteiger partial charge in [-0.05, 0) is 25.7 Å². The SMILES string of the molecule is NNc1cc([N+](=O)[O-])cc(NC2CCC(O)CC2)n1. The first-order valence-corrected chi connectivity index (χ1v) is 6.16. The number of aliphatic hydroxyl groups excluding tert-OH is 1. The molecule has 1 fully saturated rings. The van der Waals surface area contributed by atoms with E-state index >= 15 is 0 Å². The number of hydrazine groups is 1. The summed E-state index contributed by atoms with van der Waals surface area (Å²) in [5.41, 5.74) is 2.24. The minimum absolute atomic E-state index is 0.0682. The number of nitrogen functional groups attached to an aromatic ring is 1. The number of aliphatic hydroxyl groups is 1. The monoisotopic (exact) mass is 267 g/mol. The summed E-state index contributed by atoms with van der Waals surface area (Å²) in [6.07, 6.45) is 2.86. The molecule has 0 bridgehead atoms. The van der Waals surface area contributed by atoms with Gasteiger partial charge in [0, 0.05) is 6.04 Å². The van der Waals surface area contributed by atoms with Crippen molar-refractivity contribution in [2.24, 2.45) is 5.84 Å². The Morgan fingerprint density at radius 3 is 2.53 bits per heavy atom. The van der Waals surface area contributed by atoms with Gasteiger partial charge in [-0.2, -0.15) is 0 Å². The van der Waals surface area contributed by atoms with Crippen LogP contribution in [0.1, 0.15) is 25.7 Å². The molecule has 0 spiro atoms. The number of pyridine rings is 1. The Labute approximate surface area is 110 Å². The Morgan fingerprint density at radius 2 is 1.95 bits per heavy atom. The molecule has 0 radical (unpaired) electrons. The average Bonchev–Trinajstić information content (AvgIpc) is 2.41. The lowest BCUT2D eigenvalue weighted by Crippen LogP contribution is -2.28. The Bertz CT molecular complexity index is 460. The minimum Gasteiger partial charge on any atom is -0.393 e. The van der Waals surface area contributed by atoms with Crippen LogP contribution in [0.5, 0.6) is 0 Å². The maximum atomic E-state index is 10.8. The lowest BCUT2D eigenvalue weighted by Gasteiger charge is -2.26. The highest BCUT2D eigenvalue weighted by molar-refractivity contribution is 5.54. The second kappa shape index (κ2) is 5.81. The Morgan fingerprint density at radius 1 is 1.32 bits per heavy atom. The van der Waals surface area contributed by atoms with E-state index in [1.807, 2.05) is 0 Å². The van der Waals surface area contributed by atoms with E-state index in [9.17, 15) is 15.2 Å². The van der Waals surface area contributed by atoms with Crippen molar-refractivity contribution >= 4 is 17.3 Å². The Balaban J connectivity index is 2.10. The molecule has 0 saturated heterocycles. The number of nitrogens with zero attached hydrogens (tertiary/aromatic N) is 2. The van der Waals surface area contributed by atoms with Crippen molar-refractivity contribution < 1.29 is 10.0 Å². The number of aromatic nitrogens is 1. The van der Waals surface area contributed by atoms with E-state index in [2.05, 4.69) is 15.7 Å². The van der Waals surface area contributed by atoms with Gasteiger partial charge < -0.3 is 15.8 Å². The molecule has 0 unspecified atom stereocenters. The van der Waals surface area contributed by atoms with Crippen LogP contribution in [-0.4, -0.2) is 27.2 Å². The molecule has 1 aliphatic carbocycles. The van der Waals surface area contributed by atoms with E-state index in [4.69, 9.17) is 5.84 Å². The third-order valence-electron chi connectivity index (χ3n) is 3.22. The van der Waals surface area contributed by atoms with E-state index in [1.54, 1.807) is 0 Å². The van der Waals surface area contributed by atoms with E-state index in [0.29, 0.717) is 5.82 Å². The van der Waals surface area contributed by atoms with Gasteiger partial charge in [-0.15, -0.1) is 0 Å². The molecule has 0 amide bonds. The zero-order valence-corrected chi connectivity index (χ0v) is 10.4. The van der Waals surface area contributed by atoms with E-state index < -0.39 is 4.92 Å². The van der Waals surface area contributed by atoms with Crippen LogP contribution in [0.25, 0.3) is 0 Å². The number of hydrogen-bond acceptors (Lipinski definition) is 7. The van der Waals surface area contributed by atoms with Crippen molar-refractivity contribution in [2.75, 3.05) is 10.7 Å². The van der Waals surface area contributed by atoms with E-state index in [1.165, 1.54) is 12.1 Å². The molecule has 0 aliphatic heterocycles. The maximum Gasteiger partial charge on any atom is 0.276 e. The lowest BCUT2D eigenvalue weighted by molar-refractivity contribution is -0.384. The van der Waals surface area contributed by atoms with Gasteiger partial charge in [-0.25, -0.2) is 10.8 Å². The molecule has 1 aromatic heterocycles. The van der Waals surface area contributed by atoms with Crippen LogP contribution < -0.4 is 16.6 Å². The molecular weight excluding hydrogens is 250 g/mol. The molecule has 0 atom stereocenters. The van der Waals surface area contributed by atoms with Gasteiger partial charge in [-0.1, -0.05) is 0 Å². The molecule has 19 heavy (non-hydrogen) atoms. The summed E-state index contributed by atoms with van der Waals surface area (Å²) >= 11 is 0. The largest absolute Gasteiger partial charge is 0.393 e. The van der Waals surface area contributed by atoms with Crippen LogP contribution in [0.2, 0.25) is 0 Å². The Hall–Kier alpha value is -1.93. The Kier molecular flexibility index (Phi) is 4.13. The first-order valence-electron chi connectivity index (χ1n) is 6.16. The predicted molar refractivity (Wildman–Crippen MR) is 70.6 cm³/mol. The fourth-order valence-electron chi connectivity index (χ4n) is 2.20. The van der Waals surface area contributed by atoms with E-state index in [-0.39, 0.29) is 23.7 Å². The van der Waals surface area contributed by atoms with Gasteiger partial charge in [0.15, 0.2) is 0 Å². The van der Waals surface area contributed by atoms with Crippen LogP contribution in [0.15, 0.2) is 12.1 Å². The number of hydrogen-bond donors (Lipinski definition) is 4. The zero-order chi connectivity index (χ0) is 13.8. The van der Waals surface area contributed by atoms with Crippen molar-refractivity contribution in [1.29, 1.82) is 0 Å². The zero-order valence-electron chi connectivity index (χ0n) is 10.4. The predicted octanol–water partition coefficient (Wildman–Crippen LogP) is 0.991. The smallest absolute Gasteiger partial charge is 0.276 e. The normalized spacial score (nSPS) is 22.8. The number of nitro groups is 1. The van der Waals surface area contributed by atoms with Crippen LogP contribution in [0.4, 0.5) is 17.3 Å². The third kappa shape index (κ3) is 3.52. The van der Waals surface area contributed by atoms with Gasteiger partial charge in [-0.3, -0.25) is 10.1 Å². The molecule has 1 aliphatic rings. The summed E-state index contributed by atoms with van der Waals surface area (Å²) in [5.74, 6) is 5.91. The first kappa shape index (κ1) is 13.5. The molecule has 104 valence electrons. The van der Waals surface area contributed by atoms with Gasteiger partial charge in [0.25, 0.3) is 5.69 Å². The van der Waals surface area contributed by atoms with Gasteiger partial charge in [0.2, 0.25) is 0 Å². The topological polar surface area (TPSA) is 126 Å². The summed E-state index contributed by atoms with van der Waals surface area (Å²) in [7, 11) is 0. The number of nitrogens with two attached hydrogens (primary N) is 1. The maximum absolute atomic E-state index is 10.8. The first-order chi connectivity index (χ1) is 9.08. The molecule has 1 heterocycles. The second-order valence-corrected chi connectivity index (χ2v) is 4.65. The van der Waals surface area contributed by atoms with Crippen LogP contribution >= 0.6 is 0 Å². The van der Waals surface area contributed by atoms with Crippen molar-refractivity contribution in [2.45, 2.75) is 37.8 Å². The van der Waals surface area contributed by atoms with Crippen molar-refractivity contribution in [3.05, 3.63) is 22.2 Å². The van der Waals surface area contributed by atoms with Gasteiger partial charge in [0.05, 0.1) is 23.2 Å². The molecule has 0 aromatic carbocycles. The minimum atomic E-state index is -0.488. The fourth-order valence-corrected chi connectivity index (χ4v) is 2.20. The number of anilines is 2. The lowest BCUT2D eigenvalue weighted by atomic mass is 9.93. The van der Waals surface area contributed by atoms with Crippen LogP contribution in [0.3, 0.4) is 0 Å². The summed E-state index contributed by atoms with van der Waals surface area (Å²) < 4.78 is 0. The van der Waals surface area contributed by atoms with Crippen molar-refractivity contribution in [3.63, 3.8) is 0 Å². The van der Waals surface area contributed by atoms with Crippen LogP contribution in [-0.2, 0) is 0 Å². The van der Waals surface area contributed by atoms with Gasteiger partial charge in [0.1, 0.15) is 11.6 Å². The highest BCUT2D eigenvalue weighted by atomic mass is 16.6. The van der Waals surface area contributed by atoms with Crippen molar-refractivity contribution in [1.82, 2.24) is 4.98 Å². The molecule has 8 nitrogen and oxygen atoms in total. The highest BCUT2D eigenvalue weighted by Gasteiger charge is 2.20. The fraction of sp³-hybridized carbons (Fsp3) is 0.545. The third-order valence-corrected chi connectivity index (χ3v) is 3.22. The standard InChI is InChI=1S/C11H17N5O3/c12-15-11-6-8(16(18)19)5-10(14-11)13-7-1-3-9(17)4-2-7/h5-7,9,17H,1-4,12H2,(H2,13,14,15). The molecule has 1 saturated carbocycles. The second-order valence-electron chi connectivity index (χ2n) is 4.65. The van der Waals surface area contributed by atoms with Crippen LogP contribution in [0, 0.1) is 10.1 Å². The average molecular weight is 267 g/mol. The summed E-state index contributed by atoms with van der Waals surface area (Å²) in [6.45, 7) is 0. The summed E-state index contributed by atoms with van der Waals surface area (Å²) in [5, 5.41) is 23.4. The number of rotatable bonds is 4. The van der Waals surface area contributed by atoms with Gasteiger partial charge >= 0.3 is 0 Å². The molecular formula is C11H17N5O3. The molecule has 2 rings (SSSR count). The molecule has 8 heteroatoms. The molecule has 5 N–H and O–H groups in total. The van der Waals surface area contributed by atoms with Crippen molar-refractivity contribution in [3.8, 4) is 0 Å². The molecule has 1 aromatic rings. The summed E-state index contributed by atoms with van der Waals surface area (Å²) in [4.78, 5) is 14.5. The van der Waals surface area contributed by atoms with E-state index in [0.717, 1.165) is 25.7 Å².